The summed E-state index contributed by atoms with van der Waals surface area (Å²) in [4.78, 5) is 0. The van der Waals surface area contributed by atoms with Crippen LogP contribution in [0.25, 0.3) is 0 Å². The molecular formula is C11H18. The second kappa shape index (κ2) is 1.20. The van der Waals surface area contributed by atoms with Gasteiger partial charge in [0.1, 0.15) is 0 Å². The van der Waals surface area contributed by atoms with Crippen molar-refractivity contribution in [3.05, 3.63) is 0 Å². The van der Waals surface area contributed by atoms with Crippen LogP contribution in [0.2, 0.25) is 0 Å². The molecule has 4 aliphatic rings. The van der Waals surface area contributed by atoms with Crippen molar-refractivity contribution < 1.29 is 0 Å². The first-order valence-electron chi connectivity index (χ1n) is 4.98. The summed E-state index contributed by atoms with van der Waals surface area (Å²) in [6.45, 7) is 9.99. The average molecular weight is 150 g/mol. The van der Waals surface area contributed by atoms with Crippen LogP contribution in [0.15, 0.2) is 0 Å². The lowest BCUT2D eigenvalue weighted by molar-refractivity contribution is 0.0377. The van der Waals surface area contributed by atoms with Gasteiger partial charge in [-0.2, -0.15) is 0 Å². The highest BCUT2D eigenvalue weighted by molar-refractivity contribution is 5.37. The van der Waals surface area contributed by atoms with Gasteiger partial charge in [0, 0.05) is 0 Å². The fourth-order valence-electron chi connectivity index (χ4n) is 4.88. The molecule has 0 aliphatic heterocycles. The fraction of sp³-hybridized carbons (Fsp3) is 1.00. The van der Waals surface area contributed by atoms with Crippen LogP contribution in [0, 0.1) is 28.1 Å². The first-order chi connectivity index (χ1) is 4.98. The lowest BCUT2D eigenvalue weighted by atomic mass is 9.60. The maximum atomic E-state index is 2.52. The molecule has 5 unspecified atom stereocenters. The molecule has 0 aromatic rings. The van der Waals surface area contributed by atoms with E-state index in [1.807, 2.05) is 0 Å². The van der Waals surface area contributed by atoms with Crippen LogP contribution in [-0.2, 0) is 0 Å². The Bertz CT molecular complexity index is 240. The Hall–Kier alpha value is 0. The maximum Gasteiger partial charge on any atom is -0.0199 e. The Morgan fingerprint density at radius 3 is 1.82 bits per heavy atom. The molecule has 0 aromatic carbocycles. The standard InChI is InChI=1S/C11H18/c1-7-8(2)11-5-9(7,3)10(11,4)6-11/h7-8H,5-6H2,1-4H3. The first-order valence-corrected chi connectivity index (χ1v) is 4.98. The number of hydrogen-bond acceptors (Lipinski definition) is 0. The Labute approximate surface area is 69.4 Å². The van der Waals surface area contributed by atoms with Gasteiger partial charge in [0.25, 0.3) is 0 Å². The number of hydrogen-bond donors (Lipinski definition) is 0. The van der Waals surface area contributed by atoms with Gasteiger partial charge in [0.05, 0.1) is 0 Å². The smallest absolute Gasteiger partial charge is 0.0199 e. The molecule has 0 heteroatoms. The molecule has 0 N–H and O–H groups in total. The van der Waals surface area contributed by atoms with Gasteiger partial charge in [-0.3, -0.25) is 0 Å². The molecule has 4 rings (SSSR count). The summed E-state index contributed by atoms with van der Waals surface area (Å²) < 4.78 is 0. The van der Waals surface area contributed by atoms with E-state index in [1.165, 1.54) is 0 Å². The monoisotopic (exact) mass is 150 g/mol. The van der Waals surface area contributed by atoms with Gasteiger partial charge in [-0.25, -0.2) is 0 Å². The normalized spacial score (nSPS) is 77.5. The Morgan fingerprint density at radius 1 is 1.00 bits per heavy atom. The largest absolute Gasteiger partial charge is 0.0617 e. The summed E-state index contributed by atoms with van der Waals surface area (Å²) in [5.41, 5.74) is 2.34. The minimum atomic E-state index is 0.729. The minimum absolute atomic E-state index is 0.729. The molecular weight excluding hydrogens is 132 g/mol. The molecule has 1 spiro atoms. The van der Waals surface area contributed by atoms with Gasteiger partial charge >= 0.3 is 0 Å². The third-order valence-corrected chi connectivity index (χ3v) is 6.21. The molecule has 0 radical (unpaired) electrons. The highest BCUT2D eigenvalue weighted by Crippen LogP contribution is 2.96. The lowest BCUT2D eigenvalue weighted by Gasteiger charge is -2.44. The van der Waals surface area contributed by atoms with Crippen molar-refractivity contribution in [3.8, 4) is 0 Å². The van der Waals surface area contributed by atoms with E-state index in [-0.39, 0.29) is 0 Å². The van der Waals surface area contributed by atoms with Crippen molar-refractivity contribution >= 4 is 0 Å². The minimum Gasteiger partial charge on any atom is -0.0617 e. The molecule has 0 aromatic heterocycles. The third-order valence-electron chi connectivity index (χ3n) is 6.21. The predicted molar refractivity (Wildman–Crippen MR) is 46.2 cm³/mol. The molecule has 0 heterocycles. The van der Waals surface area contributed by atoms with Crippen molar-refractivity contribution in [2.24, 2.45) is 28.1 Å². The van der Waals surface area contributed by atoms with Gasteiger partial charge in [-0.15, -0.1) is 0 Å². The number of fused-ring (bicyclic) bond motifs is 1. The lowest BCUT2D eigenvalue weighted by Crippen LogP contribution is -2.38. The van der Waals surface area contributed by atoms with E-state index in [1.54, 1.807) is 12.8 Å². The quantitative estimate of drug-likeness (QED) is 0.498. The van der Waals surface area contributed by atoms with Crippen LogP contribution in [0.3, 0.4) is 0 Å². The van der Waals surface area contributed by atoms with Crippen LogP contribution in [0.4, 0.5) is 0 Å². The van der Waals surface area contributed by atoms with E-state index < -0.39 is 0 Å². The molecule has 0 nitrogen and oxygen atoms in total. The van der Waals surface area contributed by atoms with Crippen molar-refractivity contribution in [1.29, 1.82) is 0 Å². The summed E-state index contributed by atoms with van der Waals surface area (Å²) in [5.74, 6) is 2.00. The third kappa shape index (κ3) is 0.331. The van der Waals surface area contributed by atoms with Gasteiger partial charge in [0.2, 0.25) is 0 Å². The van der Waals surface area contributed by atoms with Gasteiger partial charge in [-0.1, -0.05) is 27.7 Å². The summed E-state index contributed by atoms with van der Waals surface area (Å²) in [5, 5.41) is 0. The topological polar surface area (TPSA) is 0 Å². The predicted octanol–water partition coefficient (Wildman–Crippen LogP) is 3.08. The Balaban J connectivity index is 2.14. The molecule has 4 fully saturated rings. The molecule has 0 saturated heterocycles. The second-order valence-corrected chi connectivity index (χ2v) is 5.84. The molecule has 4 aliphatic carbocycles. The fourth-order valence-corrected chi connectivity index (χ4v) is 4.88. The zero-order valence-electron chi connectivity index (χ0n) is 8.07. The van der Waals surface area contributed by atoms with E-state index in [0.29, 0.717) is 0 Å². The second-order valence-electron chi connectivity index (χ2n) is 5.84. The van der Waals surface area contributed by atoms with Gasteiger partial charge < -0.3 is 0 Å². The van der Waals surface area contributed by atoms with Crippen LogP contribution < -0.4 is 0 Å². The molecule has 4 saturated carbocycles. The van der Waals surface area contributed by atoms with Crippen LogP contribution >= 0.6 is 0 Å². The van der Waals surface area contributed by atoms with Crippen LogP contribution in [0.1, 0.15) is 40.5 Å². The molecule has 2 bridgehead atoms. The van der Waals surface area contributed by atoms with Crippen molar-refractivity contribution in [2.75, 3.05) is 0 Å². The number of rotatable bonds is 0. The van der Waals surface area contributed by atoms with Gasteiger partial charge in [0.15, 0.2) is 0 Å². The van der Waals surface area contributed by atoms with Crippen LogP contribution in [-0.4, -0.2) is 0 Å². The van der Waals surface area contributed by atoms with E-state index in [4.69, 9.17) is 0 Å². The first kappa shape index (κ1) is 6.51. The SMILES string of the molecule is CC1C(C)C23CC1(C)C2(C)C3. The van der Waals surface area contributed by atoms with Crippen molar-refractivity contribution in [1.82, 2.24) is 0 Å². The Morgan fingerprint density at radius 2 is 1.64 bits per heavy atom. The van der Waals surface area contributed by atoms with E-state index in [0.717, 1.165) is 28.1 Å². The maximum absolute atomic E-state index is 2.52. The molecule has 62 valence electrons. The summed E-state index contributed by atoms with van der Waals surface area (Å²) in [6.07, 6.45) is 3.08. The highest BCUT2D eigenvalue weighted by atomic mass is 14.9. The van der Waals surface area contributed by atoms with Crippen molar-refractivity contribution in [2.45, 2.75) is 40.5 Å². The van der Waals surface area contributed by atoms with E-state index >= 15 is 0 Å². The average Bonchev–Trinajstić information content (AvgIpc) is 2.37. The van der Waals surface area contributed by atoms with E-state index in [9.17, 15) is 0 Å². The summed E-state index contributed by atoms with van der Waals surface area (Å²) in [6, 6.07) is 0. The molecule has 5 atom stereocenters. The summed E-state index contributed by atoms with van der Waals surface area (Å²) >= 11 is 0. The highest BCUT2D eigenvalue weighted by Gasteiger charge is 2.89. The van der Waals surface area contributed by atoms with E-state index in [2.05, 4.69) is 27.7 Å². The van der Waals surface area contributed by atoms with Crippen molar-refractivity contribution in [3.63, 3.8) is 0 Å². The van der Waals surface area contributed by atoms with Gasteiger partial charge in [-0.05, 0) is 40.9 Å². The zero-order valence-corrected chi connectivity index (χ0v) is 8.07. The molecule has 0 amide bonds. The Kier molecular flexibility index (Phi) is 0.709. The van der Waals surface area contributed by atoms with Crippen LogP contribution in [0.5, 0.6) is 0 Å². The zero-order chi connectivity index (χ0) is 8.07. The molecule has 11 heavy (non-hydrogen) atoms. The summed E-state index contributed by atoms with van der Waals surface area (Å²) in [7, 11) is 0.